The Bertz CT molecular complexity index is 2470. The average molecular weight is 537 g/mol. The maximum Gasteiger partial charge on any atom is 0.159 e. The van der Waals surface area contributed by atoms with E-state index in [4.69, 9.17) is 4.98 Å². The van der Waals surface area contributed by atoms with Crippen molar-refractivity contribution < 1.29 is 0 Å². The molecule has 4 nitrogen and oxygen atoms in total. The lowest BCUT2D eigenvalue weighted by Gasteiger charge is -2.11. The van der Waals surface area contributed by atoms with Crippen LogP contribution in [0.15, 0.2) is 146 Å². The molecule has 0 saturated heterocycles. The van der Waals surface area contributed by atoms with Crippen molar-refractivity contribution in [3.05, 3.63) is 146 Å². The number of rotatable bonds is 3. The highest BCUT2D eigenvalue weighted by Crippen LogP contribution is 2.39. The number of para-hydroxylation sites is 3. The zero-order valence-electron chi connectivity index (χ0n) is 22.6. The maximum absolute atomic E-state index is 4.88. The molecule has 9 aromatic rings. The Balaban J connectivity index is 1.35. The first-order valence-electron chi connectivity index (χ1n) is 14.2. The van der Waals surface area contributed by atoms with Gasteiger partial charge in [0.05, 0.1) is 27.8 Å². The van der Waals surface area contributed by atoms with E-state index in [1.807, 2.05) is 12.1 Å². The van der Waals surface area contributed by atoms with Crippen molar-refractivity contribution in [3.8, 4) is 22.6 Å². The van der Waals surface area contributed by atoms with Crippen molar-refractivity contribution >= 4 is 54.6 Å². The zero-order chi connectivity index (χ0) is 27.6. The molecule has 0 aliphatic rings. The smallest absolute Gasteiger partial charge is 0.159 e. The molecule has 0 bridgehead atoms. The number of pyridine rings is 2. The molecular weight excluding hydrogens is 512 g/mol. The predicted octanol–water partition coefficient (Wildman–Crippen LogP) is 9.49. The van der Waals surface area contributed by atoms with E-state index in [0.717, 1.165) is 33.7 Å². The van der Waals surface area contributed by atoms with Crippen LogP contribution in [-0.2, 0) is 0 Å². The van der Waals surface area contributed by atoms with E-state index < -0.39 is 0 Å². The van der Waals surface area contributed by atoms with E-state index in [1.54, 1.807) is 6.20 Å². The number of aromatic nitrogens is 4. The second-order valence-electron chi connectivity index (χ2n) is 10.7. The van der Waals surface area contributed by atoms with Crippen LogP contribution in [0, 0.1) is 0 Å². The minimum absolute atomic E-state index is 0.758. The van der Waals surface area contributed by atoms with Crippen LogP contribution in [-0.4, -0.2) is 19.1 Å². The highest BCUT2D eigenvalue weighted by Gasteiger charge is 2.18. The third-order valence-corrected chi connectivity index (χ3v) is 8.34. The molecule has 0 unspecified atom stereocenters. The zero-order valence-corrected chi connectivity index (χ0v) is 22.6. The molecule has 0 saturated carbocycles. The molecule has 0 spiro atoms. The number of hydrogen-bond acceptors (Lipinski definition) is 2. The lowest BCUT2D eigenvalue weighted by molar-refractivity contribution is 1.16. The molecule has 0 aliphatic heterocycles. The van der Waals surface area contributed by atoms with Crippen molar-refractivity contribution in [1.29, 1.82) is 0 Å². The second-order valence-corrected chi connectivity index (χ2v) is 10.7. The van der Waals surface area contributed by atoms with Gasteiger partial charge in [0.2, 0.25) is 0 Å². The van der Waals surface area contributed by atoms with E-state index in [1.165, 1.54) is 43.6 Å². The largest absolute Gasteiger partial charge is 0.309 e. The van der Waals surface area contributed by atoms with Gasteiger partial charge >= 0.3 is 0 Å². The van der Waals surface area contributed by atoms with Crippen LogP contribution >= 0.6 is 0 Å². The van der Waals surface area contributed by atoms with Gasteiger partial charge in [-0.3, -0.25) is 0 Å². The number of hydrogen-bond donors (Lipinski definition) is 0. The number of nitrogens with zero attached hydrogens (tertiary/aromatic N) is 4. The summed E-state index contributed by atoms with van der Waals surface area (Å²) < 4.78 is 4.77. The predicted molar refractivity (Wildman–Crippen MR) is 174 cm³/mol. The van der Waals surface area contributed by atoms with Crippen LogP contribution in [0.1, 0.15) is 0 Å². The monoisotopic (exact) mass is 536 g/mol. The minimum Gasteiger partial charge on any atom is -0.309 e. The Morgan fingerprint density at radius 1 is 0.429 bits per heavy atom. The van der Waals surface area contributed by atoms with E-state index in [0.29, 0.717) is 0 Å². The van der Waals surface area contributed by atoms with Gasteiger partial charge in [-0.25, -0.2) is 9.97 Å². The first kappa shape index (κ1) is 23.0. The Hall–Kier alpha value is -5.74. The Morgan fingerprint density at radius 2 is 1.10 bits per heavy atom. The fourth-order valence-electron chi connectivity index (χ4n) is 6.48. The SMILES string of the molecule is c1ccc(-n2c3ccccc3c3cc4c5ccccc5n(-c5cccc(-c6ccc7cccnc7n6)c5)c4cc32)cc1. The fourth-order valence-corrected chi connectivity index (χ4v) is 6.48. The highest BCUT2D eigenvalue weighted by atomic mass is 15.0. The van der Waals surface area contributed by atoms with Crippen molar-refractivity contribution in [2.75, 3.05) is 0 Å². The molecule has 4 aromatic heterocycles. The van der Waals surface area contributed by atoms with E-state index >= 15 is 0 Å². The van der Waals surface area contributed by atoms with Gasteiger partial charge in [0.25, 0.3) is 0 Å². The maximum atomic E-state index is 4.88. The number of fused-ring (bicyclic) bond motifs is 7. The Labute approximate surface area is 241 Å². The Kier molecular flexibility index (Phi) is 4.87. The molecule has 0 aliphatic carbocycles. The van der Waals surface area contributed by atoms with Gasteiger partial charge in [-0.2, -0.15) is 0 Å². The molecule has 0 radical (unpaired) electrons. The summed E-state index contributed by atoms with van der Waals surface area (Å²) >= 11 is 0. The summed E-state index contributed by atoms with van der Waals surface area (Å²) in [5.41, 5.74) is 9.74. The van der Waals surface area contributed by atoms with Gasteiger partial charge in [-0.1, -0.05) is 66.7 Å². The molecule has 0 fully saturated rings. The molecule has 4 heteroatoms. The average Bonchev–Trinajstić information content (AvgIpc) is 3.56. The van der Waals surface area contributed by atoms with Crippen LogP contribution in [0.4, 0.5) is 0 Å². The van der Waals surface area contributed by atoms with E-state index in [-0.39, 0.29) is 0 Å². The number of benzene rings is 5. The van der Waals surface area contributed by atoms with Gasteiger partial charge in [0.15, 0.2) is 5.65 Å². The van der Waals surface area contributed by atoms with Gasteiger partial charge in [0, 0.05) is 50.1 Å². The summed E-state index contributed by atoms with van der Waals surface area (Å²) in [6.07, 6.45) is 1.79. The normalized spacial score (nSPS) is 11.8. The summed E-state index contributed by atoms with van der Waals surface area (Å²) in [5, 5.41) is 6.04. The Morgan fingerprint density at radius 3 is 1.86 bits per heavy atom. The van der Waals surface area contributed by atoms with Crippen LogP contribution in [0.5, 0.6) is 0 Å². The van der Waals surface area contributed by atoms with Crippen LogP contribution in [0.3, 0.4) is 0 Å². The highest BCUT2D eigenvalue weighted by molar-refractivity contribution is 6.19. The van der Waals surface area contributed by atoms with E-state index in [9.17, 15) is 0 Å². The lowest BCUT2D eigenvalue weighted by atomic mass is 10.1. The standard InChI is InChI=1S/C38H24N4/c1-2-12-27(13-3-1)41-34-17-6-4-15-29(34)31-23-32-30-16-5-7-18-35(30)42(37(32)24-36(31)41)28-14-8-10-26(22-28)33-20-19-25-11-9-21-39-38(25)40-33/h1-24H. The summed E-state index contributed by atoms with van der Waals surface area (Å²) in [6, 6.07) is 49.6. The van der Waals surface area contributed by atoms with Crippen molar-refractivity contribution in [1.82, 2.24) is 19.1 Å². The van der Waals surface area contributed by atoms with Gasteiger partial charge in [-0.15, -0.1) is 0 Å². The fraction of sp³-hybridized carbons (Fsp3) is 0. The molecule has 0 amide bonds. The van der Waals surface area contributed by atoms with Crippen LogP contribution < -0.4 is 0 Å². The molecule has 0 atom stereocenters. The summed E-state index contributed by atoms with van der Waals surface area (Å²) in [4.78, 5) is 9.36. The third-order valence-electron chi connectivity index (χ3n) is 8.34. The summed E-state index contributed by atoms with van der Waals surface area (Å²) in [7, 11) is 0. The van der Waals surface area contributed by atoms with Gasteiger partial charge < -0.3 is 9.13 Å². The first-order valence-corrected chi connectivity index (χ1v) is 14.2. The van der Waals surface area contributed by atoms with Gasteiger partial charge in [0.1, 0.15) is 0 Å². The molecule has 196 valence electrons. The molecular formula is C38H24N4. The molecule has 9 rings (SSSR count). The van der Waals surface area contributed by atoms with Crippen LogP contribution in [0.25, 0.3) is 77.3 Å². The summed E-state index contributed by atoms with van der Waals surface area (Å²) in [6.45, 7) is 0. The first-order chi connectivity index (χ1) is 20.8. The van der Waals surface area contributed by atoms with Crippen molar-refractivity contribution in [2.45, 2.75) is 0 Å². The molecule has 5 aromatic carbocycles. The molecule has 0 N–H and O–H groups in total. The van der Waals surface area contributed by atoms with E-state index in [2.05, 4.69) is 142 Å². The minimum atomic E-state index is 0.758. The lowest BCUT2D eigenvalue weighted by Crippen LogP contribution is -1.96. The summed E-state index contributed by atoms with van der Waals surface area (Å²) in [5.74, 6) is 0. The quantitative estimate of drug-likeness (QED) is 0.225. The van der Waals surface area contributed by atoms with Crippen molar-refractivity contribution in [3.63, 3.8) is 0 Å². The topological polar surface area (TPSA) is 35.6 Å². The second kappa shape index (κ2) is 8.88. The molecule has 42 heavy (non-hydrogen) atoms. The molecule has 4 heterocycles. The van der Waals surface area contributed by atoms with Crippen molar-refractivity contribution in [2.24, 2.45) is 0 Å². The van der Waals surface area contributed by atoms with Crippen LogP contribution in [0.2, 0.25) is 0 Å². The third kappa shape index (κ3) is 3.36. The van der Waals surface area contributed by atoms with Gasteiger partial charge in [-0.05, 0) is 72.8 Å².